The number of halogens is 1. The maximum Gasteiger partial charge on any atom is 0.224 e. The van der Waals surface area contributed by atoms with Crippen LogP contribution >= 0.6 is 15.9 Å². The largest absolute Gasteiger partial charge is 0.495 e. The number of methoxy groups -OCH3 is 2. The lowest BCUT2D eigenvalue weighted by Gasteiger charge is -2.13. The monoisotopic (exact) mass is 499 g/mol. The van der Waals surface area contributed by atoms with Gasteiger partial charge in [0, 0.05) is 30.7 Å². The highest BCUT2D eigenvalue weighted by atomic mass is 79.9. The summed E-state index contributed by atoms with van der Waals surface area (Å²) >= 11 is 3.41. The average Bonchev–Trinajstić information content (AvgIpc) is 3.34. The first-order chi connectivity index (χ1) is 15.4. The van der Waals surface area contributed by atoms with Crippen molar-refractivity contribution < 1.29 is 14.3 Å². The summed E-state index contributed by atoms with van der Waals surface area (Å²) in [5.41, 5.74) is 3.01. The summed E-state index contributed by atoms with van der Waals surface area (Å²) in [4.78, 5) is 12.6. The molecule has 0 radical (unpaired) electrons. The van der Waals surface area contributed by atoms with Crippen molar-refractivity contribution in [3.8, 4) is 17.3 Å². The molecule has 166 valence electrons. The molecule has 0 aliphatic heterocycles. The number of amides is 1. The molecule has 4 aromatic rings. The van der Waals surface area contributed by atoms with Crippen LogP contribution in [0.3, 0.4) is 0 Å². The number of nitrogens with one attached hydrogen (secondary N) is 1. The van der Waals surface area contributed by atoms with Crippen LogP contribution in [0.4, 0.5) is 5.69 Å². The summed E-state index contributed by atoms with van der Waals surface area (Å²) in [5.74, 6) is 2.15. The number of carbonyl (C=O) groups is 1. The van der Waals surface area contributed by atoms with Crippen LogP contribution in [0.2, 0.25) is 0 Å². The van der Waals surface area contributed by atoms with Gasteiger partial charge in [-0.1, -0.05) is 0 Å². The van der Waals surface area contributed by atoms with Crippen molar-refractivity contribution in [1.82, 2.24) is 29.6 Å². The van der Waals surface area contributed by atoms with Gasteiger partial charge in [0.05, 0.1) is 30.1 Å². The van der Waals surface area contributed by atoms with E-state index >= 15 is 0 Å². The van der Waals surface area contributed by atoms with Crippen molar-refractivity contribution in [3.05, 3.63) is 52.0 Å². The van der Waals surface area contributed by atoms with E-state index in [9.17, 15) is 4.79 Å². The van der Waals surface area contributed by atoms with E-state index < -0.39 is 0 Å². The van der Waals surface area contributed by atoms with Crippen molar-refractivity contribution in [2.24, 2.45) is 0 Å². The zero-order valence-electron chi connectivity index (χ0n) is 18.1. The average molecular weight is 500 g/mol. The van der Waals surface area contributed by atoms with Crippen molar-refractivity contribution in [3.63, 3.8) is 0 Å². The number of ether oxygens (including phenoxy) is 2. The summed E-state index contributed by atoms with van der Waals surface area (Å²) in [6.45, 7) is 3.90. The van der Waals surface area contributed by atoms with E-state index in [0.29, 0.717) is 40.9 Å². The third-order valence-electron chi connectivity index (χ3n) is 4.86. The lowest BCUT2D eigenvalue weighted by molar-refractivity contribution is -0.116. The Balaban J connectivity index is 1.51. The molecule has 3 heterocycles. The molecule has 0 bridgehead atoms. The third-order valence-corrected chi connectivity index (χ3v) is 5.48. The first kappa shape index (κ1) is 21.8. The molecule has 1 amide bonds. The van der Waals surface area contributed by atoms with Crippen LogP contribution in [-0.4, -0.2) is 49.7 Å². The second-order valence-corrected chi connectivity index (χ2v) is 8.01. The lowest BCUT2D eigenvalue weighted by atomic mass is 10.2. The molecule has 11 heteroatoms. The number of aryl methyl sites for hydroxylation is 3. The van der Waals surface area contributed by atoms with Gasteiger partial charge in [-0.15, -0.1) is 15.3 Å². The molecule has 3 aromatic heterocycles. The SMILES string of the molecule is COc1cc(NC(=O)CCc2nnc3ccc(-n4nc(C)cc4C)nn23)c(OC)cc1Br. The number of anilines is 1. The molecule has 0 aliphatic rings. The van der Waals surface area contributed by atoms with Crippen molar-refractivity contribution >= 4 is 33.2 Å². The van der Waals surface area contributed by atoms with Crippen LogP contribution in [0.1, 0.15) is 23.6 Å². The highest BCUT2D eigenvalue weighted by Crippen LogP contribution is 2.36. The Morgan fingerprint density at radius 1 is 1.06 bits per heavy atom. The number of nitrogens with zero attached hydrogens (tertiary/aromatic N) is 6. The molecule has 0 unspecified atom stereocenters. The van der Waals surface area contributed by atoms with E-state index in [1.54, 1.807) is 28.4 Å². The summed E-state index contributed by atoms with van der Waals surface area (Å²) in [6.07, 6.45) is 0.546. The highest BCUT2D eigenvalue weighted by molar-refractivity contribution is 9.10. The van der Waals surface area contributed by atoms with Gasteiger partial charge in [0.15, 0.2) is 17.3 Å². The maximum absolute atomic E-state index is 12.6. The van der Waals surface area contributed by atoms with Gasteiger partial charge < -0.3 is 14.8 Å². The lowest BCUT2D eigenvalue weighted by Crippen LogP contribution is -2.14. The van der Waals surface area contributed by atoms with Crippen molar-refractivity contribution in [2.45, 2.75) is 26.7 Å². The molecule has 4 rings (SSSR count). The summed E-state index contributed by atoms with van der Waals surface area (Å²) in [7, 11) is 3.10. The fourth-order valence-corrected chi connectivity index (χ4v) is 3.83. The van der Waals surface area contributed by atoms with Gasteiger partial charge in [0.2, 0.25) is 5.91 Å². The van der Waals surface area contributed by atoms with E-state index in [2.05, 4.69) is 41.6 Å². The van der Waals surface area contributed by atoms with Gasteiger partial charge in [-0.3, -0.25) is 4.79 Å². The van der Waals surface area contributed by atoms with E-state index in [0.717, 1.165) is 15.9 Å². The minimum atomic E-state index is -0.195. The summed E-state index contributed by atoms with van der Waals surface area (Å²) < 4.78 is 14.8. The molecule has 1 N–H and O–H groups in total. The first-order valence-electron chi connectivity index (χ1n) is 9.86. The van der Waals surface area contributed by atoms with Crippen LogP contribution in [0.15, 0.2) is 34.8 Å². The highest BCUT2D eigenvalue weighted by Gasteiger charge is 2.15. The quantitative estimate of drug-likeness (QED) is 0.415. The number of hydrogen-bond donors (Lipinski definition) is 1. The summed E-state index contributed by atoms with van der Waals surface area (Å²) in [5, 5.41) is 20.3. The number of hydrogen-bond acceptors (Lipinski definition) is 7. The van der Waals surface area contributed by atoms with Gasteiger partial charge in [-0.05, 0) is 48.0 Å². The normalized spacial score (nSPS) is 11.0. The minimum absolute atomic E-state index is 0.189. The molecule has 0 fully saturated rings. The van der Waals surface area contributed by atoms with Gasteiger partial charge in [-0.25, -0.2) is 4.68 Å². The summed E-state index contributed by atoms with van der Waals surface area (Å²) in [6, 6.07) is 9.09. The molecule has 0 aliphatic carbocycles. The van der Waals surface area contributed by atoms with Gasteiger partial charge in [0.25, 0.3) is 0 Å². The second kappa shape index (κ2) is 8.95. The van der Waals surface area contributed by atoms with E-state index in [1.807, 2.05) is 32.0 Å². The molecule has 10 nitrogen and oxygen atoms in total. The Labute approximate surface area is 192 Å². The van der Waals surface area contributed by atoms with Gasteiger partial charge >= 0.3 is 0 Å². The molecular weight excluding hydrogens is 478 g/mol. The fourth-order valence-electron chi connectivity index (χ4n) is 3.35. The van der Waals surface area contributed by atoms with Crippen LogP contribution in [0.5, 0.6) is 11.5 Å². The number of carbonyl (C=O) groups excluding carboxylic acids is 1. The molecule has 0 spiro atoms. The van der Waals surface area contributed by atoms with E-state index in [4.69, 9.17) is 9.47 Å². The van der Waals surface area contributed by atoms with Crippen molar-refractivity contribution in [2.75, 3.05) is 19.5 Å². The van der Waals surface area contributed by atoms with Crippen LogP contribution in [0.25, 0.3) is 11.5 Å². The molecule has 1 aromatic carbocycles. The van der Waals surface area contributed by atoms with Crippen LogP contribution in [-0.2, 0) is 11.2 Å². The first-order valence-corrected chi connectivity index (χ1v) is 10.6. The zero-order chi connectivity index (χ0) is 22.8. The van der Waals surface area contributed by atoms with Gasteiger partial charge in [0.1, 0.15) is 11.5 Å². The Morgan fingerprint density at radius 2 is 1.84 bits per heavy atom. The second-order valence-electron chi connectivity index (χ2n) is 7.15. The zero-order valence-corrected chi connectivity index (χ0v) is 19.7. The van der Waals surface area contributed by atoms with Gasteiger partial charge in [-0.2, -0.15) is 9.61 Å². The van der Waals surface area contributed by atoms with Crippen LogP contribution < -0.4 is 14.8 Å². The Bertz CT molecular complexity index is 1300. The Morgan fingerprint density at radius 3 is 2.53 bits per heavy atom. The molecule has 32 heavy (non-hydrogen) atoms. The third kappa shape index (κ3) is 4.28. The number of aromatic nitrogens is 6. The number of benzene rings is 1. The Hall–Kier alpha value is -3.47. The fraction of sp³-hybridized carbons (Fsp3) is 0.286. The Kier molecular flexibility index (Phi) is 6.08. The maximum atomic E-state index is 12.6. The molecular formula is C21H22BrN7O3. The molecule has 0 saturated carbocycles. The number of fused-ring (bicyclic) bond motifs is 1. The van der Waals surface area contributed by atoms with E-state index in [-0.39, 0.29) is 12.3 Å². The minimum Gasteiger partial charge on any atom is -0.495 e. The van der Waals surface area contributed by atoms with Crippen LogP contribution in [0, 0.1) is 13.8 Å². The standard InChI is InChI=1S/C21H22BrN7O3/c1-12-9-13(2)28(26-12)20-6-5-18-24-25-19(29(18)27-20)7-8-21(30)23-15-11-16(31-3)14(22)10-17(15)32-4/h5-6,9-11H,7-8H2,1-4H3,(H,23,30). The number of rotatable bonds is 7. The molecule has 0 atom stereocenters. The van der Waals surface area contributed by atoms with Crippen molar-refractivity contribution in [1.29, 1.82) is 0 Å². The molecule has 0 saturated heterocycles. The predicted octanol–water partition coefficient (Wildman–Crippen LogP) is 3.28. The predicted molar refractivity (Wildman–Crippen MR) is 122 cm³/mol. The smallest absolute Gasteiger partial charge is 0.224 e. The topological polar surface area (TPSA) is 108 Å². The van der Waals surface area contributed by atoms with E-state index in [1.165, 1.54) is 7.11 Å².